The van der Waals surface area contributed by atoms with Gasteiger partial charge in [0.1, 0.15) is 5.75 Å². The van der Waals surface area contributed by atoms with E-state index in [0.29, 0.717) is 35.6 Å². The molecule has 0 fully saturated rings. The summed E-state index contributed by atoms with van der Waals surface area (Å²) in [5, 5.41) is 7.52. The number of nitrogens with one attached hydrogen (secondary N) is 1. The molecule has 1 aromatic carbocycles. The minimum Gasteiger partial charge on any atom is -0.493 e. The first-order valence-corrected chi connectivity index (χ1v) is 6.52. The third kappa shape index (κ3) is 3.45. The number of hydrogen-bond acceptors (Lipinski definition) is 5. The summed E-state index contributed by atoms with van der Waals surface area (Å²) in [7, 11) is 1.82. The number of rotatable bonds is 6. The fraction of sp³-hybridized carbons (Fsp3) is 0.385. The quantitative estimate of drug-likeness (QED) is 0.882. The van der Waals surface area contributed by atoms with Gasteiger partial charge in [0.2, 0.25) is 11.7 Å². The van der Waals surface area contributed by atoms with Crippen LogP contribution in [0.4, 0.5) is 0 Å². The molecule has 0 spiro atoms. The maximum absolute atomic E-state index is 6.01. The predicted octanol–water partition coefficient (Wildman–Crippen LogP) is 2.90. The number of benzene rings is 1. The van der Waals surface area contributed by atoms with Gasteiger partial charge in [-0.15, -0.1) is 0 Å². The molecule has 19 heavy (non-hydrogen) atoms. The van der Waals surface area contributed by atoms with E-state index in [1.54, 1.807) is 12.1 Å². The molecule has 0 bridgehead atoms. The summed E-state index contributed by atoms with van der Waals surface area (Å²) < 4.78 is 10.8. The van der Waals surface area contributed by atoms with E-state index < -0.39 is 0 Å². The second-order valence-corrected chi connectivity index (χ2v) is 4.47. The zero-order chi connectivity index (χ0) is 13.7. The first-order valence-electron chi connectivity index (χ1n) is 6.14. The van der Waals surface area contributed by atoms with Gasteiger partial charge in [-0.1, -0.05) is 23.7 Å². The zero-order valence-corrected chi connectivity index (χ0v) is 11.7. The molecule has 102 valence electrons. The van der Waals surface area contributed by atoms with Crippen LogP contribution in [0.3, 0.4) is 0 Å². The molecule has 6 heteroatoms. The smallest absolute Gasteiger partial charge is 0.240 e. The summed E-state index contributed by atoms with van der Waals surface area (Å²) in [6.07, 6.45) is 0.930. The van der Waals surface area contributed by atoms with E-state index >= 15 is 0 Å². The van der Waals surface area contributed by atoms with Crippen molar-refractivity contribution in [3.8, 4) is 17.1 Å². The number of aromatic nitrogens is 2. The number of halogens is 1. The van der Waals surface area contributed by atoms with Gasteiger partial charge in [-0.05, 0) is 31.7 Å². The summed E-state index contributed by atoms with van der Waals surface area (Å²) in [4.78, 5) is 4.30. The van der Waals surface area contributed by atoms with Crippen LogP contribution in [0.2, 0.25) is 5.02 Å². The van der Waals surface area contributed by atoms with Crippen LogP contribution in [0, 0.1) is 0 Å². The van der Waals surface area contributed by atoms with Gasteiger partial charge in [0.25, 0.3) is 0 Å². The lowest BCUT2D eigenvalue weighted by atomic mass is 10.2. The average Bonchev–Trinajstić information content (AvgIpc) is 2.86. The van der Waals surface area contributed by atoms with Gasteiger partial charge >= 0.3 is 0 Å². The van der Waals surface area contributed by atoms with Gasteiger partial charge in [-0.3, -0.25) is 0 Å². The van der Waals surface area contributed by atoms with Crippen LogP contribution in [-0.4, -0.2) is 23.8 Å². The Morgan fingerprint density at radius 2 is 2.26 bits per heavy atom. The second-order valence-electron chi connectivity index (χ2n) is 4.03. The minimum absolute atomic E-state index is 0.485. The Morgan fingerprint density at radius 3 is 3.00 bits per heavy atom. The summed E-state index contributed by atoms with van der Waals surface area (Å²) in [6, 6.07) is 5.38. The maximum Gasteiger partial charge on any atom is 0.240 e. The molecule has 0 amide bonds. The van der Waals surface area contributed by atoms with E-state index in [1.807, 2.05) is 13.1 Å². The molecule has 2 rings (SSSR count). The van der Waals surface area contributed by atoms with E-state index in [1.165, 1.54) is 0 Å². The Morgan fingerprint density at radius 1 is 1.42 bits per heavy atom. The average molecular weight is 282 g/mol. The van der Waals surface area contributed by atoms with Crippen LogP contribution >= 0.6 is 11.6 Å². The second kappa shape index (κ2) is 6.54. The number of hydrogen-bond donors (Lipinski definition) is 1. The Bertz CT molecular complexity index is 542. The topological polar surface area (TPSA) is 60.2 Å². The molecule has 0 aliphatic carbocycles. The van der Waals surface area contributed by atoms with E-state index in [-0.39, 0.29) is 0 Å². The highest BCUT2D eigenvalue weighted by Gasteiger charge is 2.14. The Labute approximate surface area is 116 Å². The highest BCUT2D eigenvalue weighted by atomic mass is 35.5. The summed E-state index contributed by atoms with van der Waals surface area (Å²) in [5.41, 5.74) is 0.743. The van der Waals surface area contributed by atoms with E-state index in [0.717, 1.165) is 12.0 Å². The minimum atomic E-state index is 0.485. The van der Waals surface area contributed by atoms with E-state index in [9.17, 15) is 0 Å². The molecule has 0 unspecified atom stereocenters. The molecule has 1 N–H and O–H groups in total. The Kier molecular flexibility index (Phi) is 4.76. The summed E-state index contributed by atoms with van der Waals surface area (Å²) in [6.45, 7) is 3.21. The van der Waals surface area contributed by atoms with Crippen molar-refractivity contribution >= 4 is 11.6 Å². The lowest BCUT2D eigenvalue weighted by molar-refractivity contribution is 0.318. The molecule has 0 saturated carbocycles. The predicted molar refractivity (Wildman–Crippen MR) is 73.3 cm³/mol. The lowest BCUT2D eigenvalue weighted by Crippen LogP contribution is -2.05. The highest BCUT2D eigenvalue weighted by Crippen LogP contribution is 2.31. The standard InChI is InChI=1S/C13H16ClN3O2/c1-3-6-18-11-5-4-9(14)7-10(11)13-16-12(8-15-2)19-17-13/h4-5,7,15H,3,6,8H2,1-2H3. The van der Waals surface area contributed by atoms with Crippen LogP contribution in [-0.2, 0) is 6.54 Å². The molecule has 0 aliphatic heterocycles. The molecule has 1 aromatic heterocycles. The van der Waals surface area contributed by atoms with E-state index in [4.69, 9.17) is 20.9 Å². The van der Waals surface area contributed by atoms with Gasteiger partial charge in [-0.2, -0.15) is 4.98 Å². The molecule has 0 radical (unpaired) electrons. The molecule has 0 saturated heterocycles. The number of nitrogens with zero attached hydrogens (tertiary/aromatic N) is 2. The Balaban J connectivity index is 2.32. The van der Waals surface area contributed by atoms with E-state index in [2.05, 4.69) is 22.4 Å². The fourth-order valence-corrected chi connectivity index (χ4v) is 1.77. The van der Waals surface area contributed by atoms with Gasteiger partial charge < -0.3 is 14.6 Å². The van der Waals surface area contributed by atoms with Gasteiger partial charge in [-0.25, -0.2) is 0 Å². The summed E-state index contributed by atoms with van der Waals surface area (Å²) >= 11 is 6.01. The first kappa shape index (κ1) is 13.8. The van der Waals surface area contributed by atoms with Crippen LogP contribution in [0.15, 0.2) is 22.7 Å². The van der Waals surface area contributed by atoms with Crippen molar-refractivity contribution in [2.45, 2.75) is 19.9 Å². The van der Waals surface area contributed by atoms with Crippen molar-refractivity contribution in [1.29, 1.82) is 0 Å². The van der Waals surface area contributed by atoms with Gasteiger partial charge in [0.05, 0.1) is 18.7 Å². The molecule has 0 aliphatic rings. The zero-order valence-electron chi connectivity index (χ0n) is 10.9. The van der Waals surface area contributed by atoms with Crippen molar-refractivity contribution < 1.29 is 9.26 Å². The largest absolute Gasteiger partial charge is 0.493 e. The van der Waals surface area contributed by atoms with Crippen LogP contribution in [0.5, 0.6) is 5.75 Å². The molecule has 5 nitrogen and oxygen atoms in total. The lowest BCUT2D eigenvalue weighted by Gasteiger charge is -2.08. The normalized spacial score (nSPS) is 10.7. The third-order valence-electron chi connectivity index (χ3n) is 2.44. The van der Waals surface area contributed by atoms with Crippen LogP contribution in [0.25, 0.3) is 11.4 Å². The molecular weight excluding hydrogens is 266 g/mol. The van der Waals surface area contributed by atoms with Gasteiger partial charge in [0.15, 0.2) is 0 Å². The highest BCUT2D eigenvalue weighted by molar-refractivity contribution is 6.30. The fourth-order valence-electron chi connectivity index (χ4n) is 1.60. The molecule has 2 aromatic rings. The molecule has 1 heterocycles. The maximum atomic E-state index is 6.01. The SMILES string of the molecule is CCCOc1ccc(Cl)cc1-c1noc(CNC)n1. The number of ether oxygens (including phenoxy) is 1. The van der Waals surface area contributed by atoms with Crippen molar-refractivity contribution in [2.24, 2.45) is 0 Å². The molecule has 0 atom stereocenters. The van der Waals surface area contributed by atoms with Crippen molar-refractivity contribution in [2.75, 3.05) is 13.7 Å². The van der Waals surface area contributed by atoms with Crippen molar-refractivity contribution in [3.63, 3.8) is 0 Å². The first-order chi connectivity index (χ1) is 9.24. The van der Waals surface area contributed by atoms with Crippen LogP contribution < -0.4 is 10.1 Å². The monoisotopic (exact) mass is 281 g/mol. The van der Waals surface area contributed by atoms with Crippen LogP contribution in [0.1, 0.15) is 19.2 Å². The Hall–Kier alpha value is -1.59. The molecular formula is C13H16ClN3O2. The van der Waals surface area contributed by atoms with Gasteiger partial charge in [0, 0.05) is 5.02 Å². The summed E-state index contributed by atoms with van der Waals surface area (Å²) in [5.74, 6) is 1.72. The van der Waals surface area contributed by atoms with Crippen molar-refractivity contribution in [1.82, 2.24) is 15.5 Å². The van der Waals surface area contributed by atoms with Crippen molar-refractivity contribution in [3.05, 3.63) is 29.1 Å². The third-order valence-corrected chi connectivity index (χ3v) is 2.68.